The molecule has 0 spiro atoms. The zero-order valence-electron chi connectivity index (χ0n) is 8.54. The van der Waals surface area contributed by atoms with Crippen molar-refractivity contribution in [3.63, 3.8) is 0 Å². The van der Waals surface area contributed by atoms with Gasteiger partial charge in [0.2, 0.25) is 0 Å². The van der Waals surface area contributed by atoms with E-state index in [0.29, 0.717) is 6.04 Å². The average molecular weight is 197 g/mol. The van der Waals surface area contributed by atoms with E-state index in [4.69, 9.17) is 5.73 Å². The van der Waals surface area contributed by atoms with E-state index in [0.717, 1.165) is 25.6 Å². The molecule has 0 aromatic heterocycles. The Morgan fingerprint density at radius 1 is 1.36 bits per heavy atom. The van der Waals surface area contributed by atoms with Gasteiger partial charge in [-0.25, -0.2) is 4.79 Å². The summed E-state index contributed by atoms with van der Waals surface area (Å²) in [6.45, 7) is 2.75. The van der Waals surface area contributed by atoms with Crippen LogP contribution in [0.5, 0.6) is 0 Å². The maximum absolute atomic E-state index is 11.2. The molecule has 0 radical (unpaired) electrons. The predicted molar refractivity (Wildman–Crippen MR) is 54.9 cm³/mol. The first-order chi connectivity index (χ1) is 6.75. The summed E-state index contributed by atoms with van der Waals surface area (Å²) in [4.78, 5) is 13.0. The van der Waals surface area contributed by atoms with Crippen LogP contribution in [0.25, 0.3) is 0 Å². The Hall–Kier alpha value is -0.770. The lowest BCUT2D eigenvalue weighted by Crippen LogP contribution is -2.44. The number of rotatable bonds is 4. The Morgan fingerprint density at radius 2 is 2.14 bits per heavy atom. The Morgan fingerprint density at radius 3 is 2.64 bits per heavy atom. The van der Waals surface area contributed by atoms with Crippen molar-refractivity contribution in [1.29, 1.82) is 0 Å². The van der Waals surface area contributed by atoms with E-state index in [2.05, 4.69) is 5.32 Å². The summed E-state index contributed by atoms with van der Waals surface area (Å²) in [7, 11) is 0. The van der Waals surface area contributed by atoms with Crippen LogP contribution < -0.4 is 11.1 Å². The number of nitrogens with two attached hydrogens (primary N) is 1. The van der Waals surface area contributed by atoms with Crippen molar-refractivity contribution in [3.8, 4) is 0 Å². The van der Waals surface area contributed by atoms with Gasteiger partial charge in [-0.2, -0.15) is 0 Å². The van der Waals surface area contributed by atoms with Crippen LogP contribution in [0.15, 0.2) is 0 Å². The van der Waals surface area contributed by atoms with Crippen molar-refractivity contribution in [3.05, 3.63) is 0 Å². The third-order valence-electron chi connectivity index (χ3n) is 3.09. The molecule has 0 aromatic rings. The standard InChI is InChI=1S/C10H19N3O/c11-10(14)13(6-8-3-4-8)7-9-2-1-5-12-9/h8-9,12H,1-7H2,(H2,11,14). The van der Waals surface area contributed by atoms with Crippen molar-refractivity contribution >= 4 is 6.03 Å². The van der Waals surface area contributed by atoms with Gasteiger partial charge in [-0.3, -0.25) is 0 Å². The molecule has 80 valence electrons. The second-order valence-corrected chi connectivity index (χ2v) is 4.48. The molecule has 1 saturated heterocycles. The van der Waals surface area contributed by atoms with Crippen molar-refractivity contribution in [2.75, 3.05) is 19.6 Å². The van der Waals surface area contributed by atoms with Gasteiger partial charge in [-0.1, -0.05) is 0 Å². The van der Waals surface area contributed by atoms with Gasteiger partial charge in [-0.05, 0) is 38.1 Å². The first kappa shape index (κ1) is 9.77. The van der Waals surface area contributed by atoms with E-state index in [-0.39, 0.29) is 6.03 Å². The van der Waals surface area contributed by atoms with Gasteiger partial charge in [0.1, 0.15) is 0 Å². The summed E-state index contributed by atoms with van der Waals surface area (Å²) in [6, 6.07) is 0.215. The van der Waals surface area contributed by atoms with E-state index >= 15 is 0 Å². The van der Waals surface area contributed by atoms with E-state index in [9.17, 15) is 4.79 Å². The highest BCUT2D eigenvalue weighted by atomic mass is 16.2. The topological polar surface area (TPSA) is 58.4 Å². The highest BCUT2D eigenvalue weighted by Crippen LogP contribution is 2.29. The Labute approximate surface area is 84.8 Å². The number of carbonyl (C=O) groups excluding carboxylic acids is 1. The molecule has 14 heavy (non-hydrogen) atoms. The van der Waals surface area contributed by atoms with Crippen molar-refractivity contribution in [2.24, 2.45) is 11.7 Å². The number of nitrogens with one attached hydrogen (secondary N) is 1. The minimum Gasteiger partial charge on any atom is -0.351 e. The van der Waals surface area contributed by atoms with Gasteiger partial charge in [0.25, 0.3) is 0 Å². The van der Waals surface area contributed by atoms with Gasteiger partial charge in [0, 0.05) is 19.1 Å². The van der Waals surface area contributed by atoms with Crippen LogP contribution in [-0.4, -0.2) is 36.6 Å². The highest BCUT2D eigenvalue weighted by molar-refractivity contribution is 5.72. The molecule has 1 atom stereocenters. The van der Waals surface area contributed by atoms with Crippen LogP contribution in [0.1, 0.15) is 25.7 Å². The Kier molecular flexibility index (Phi) is 2.91. The lowest BCUT2D eigenvalue weighted by atomic mass is 10.2. The van der Waals surface area contributed by atoms with Crippen LogP contribution in [0.4, 0.5) is 4.79 Å². The Bertz CT molecular complexity index is 209. The van der Waals surface area contributed by atoms with Gasteiger partial charge in [-0.15, -0.1) is 0 Å². The van der Waals surface area contributed by atoms with Gasteiger partial charge in [0.15, 0.2) is 0 Å². The molecule has 1 aliphatic heterocycles. The van der Waals surface area contributed by atoms with Crippen LogP contribution >= 0.6 is 0 Å². The van der Waals surface area contributed by atoms with Crippen LogP contribution in [0, 0.1) is 5.92 Å². The van der Waals surface area contributed by atoms with Gasteiger partial charge >= 0.3 is 6.03 Å². The Balaban J connectivity index is 1.79. The number of nitrogens with zero attached hydrogens (tertiary/aromatic N) is 1. The first-order valence-corrected chi connectivity index (χ1v) is 5.53. The third-order valence-corrected chi connectivity index (χ3v) is 3.09. The van der Waals surface area contributed by atoms with Gasteiger partial charge in [0.05, 0.1) is 0 Å². The lowest BCUT2D eigenvalue weighted by molar-refractivity contribution is 0.199. The summed E-state index contributed by atoms with van der Waals surface area (Å²) in [6.07, 6.45) is 4.93. The zero-order valence-corrected chi connectivity index (χ0v) is 8.54. The largest absolute Gasteiger partial charge is 0.351 e. The fourth-order valence-electron chi connectivity index (χ4n) is 2.05. The normalized spacial score (nSPS) is 26.4. The van der Waals surface area contributed by atoms with Gasteiger partial charge < -0.3 is 16.0 Å². The molecule has 4 nitrogen and oxygen atoms in total. The summed E-state index contributed by atoms with van der Waals surface area (Å²) < 4.78 is 0. The second-order valence-electron chi connectivity index (χ2n) is 4.48. The average Bonchev–Trinajstić information content (AvgIpc) is 2.80. The molecule has 0 bridgehead atoms. The number of primary amides is 1. The summed E-state index contributed by atoms with van der Waals surface area (Å²) in [5, 5.41) is 3.39. The SMILES string of the molecule is NC(=O)N(CC1CC1)CC1CCCN1. The molecule has 2 rings (SSSR count). The molecular formula is C10H19N3O. The minimum atomic E-state index is -0.259. The molecule has 2 fully saturated rings. The summed E-state index contributed by atoms with van der Waals surface area (Å²) in [5.74, 6) is 0.726. The van der Waals surface area contributed by atoms with Crippen molar-refractivity contribution < 1.29 is 4.79 Å². The highest BCUT2D eigenvalue weighted by Gasteiger charge is 2.27. The predicted octanol–water partition coefficient (Wildman–Crippen LogP) is 0.529. The van der Waals surface area contributed by atoms with E-state index in [1.165, 1.54) is 25.7 Å². The number of hydrogen-bond acceptors (Lipinski definition) is 2. The molecular weight excluding hydrogens is 178 g/mol. The molecule has 1 heterocycles. The maximum Gasteiger partial charge on any atom is 0.314 e. The smallest absolute Gasteiger partial charge is 0.314 e. The first-order valence-electron chi connectivity index (χ1n) is 5.53. The van der Waals surface area contributed by atoms with Crippen LogP contribution in [0.3, 0.4) is 0 Å². The quantitative estimate of drug-likeness (QED) is 0.690. The van der Waals surface area contributed by atoms with Crippen LogP contribution in [-0.2, 0) is 0 Å². The van der Waals surface area contributed by atoms with Crippen molar-refractivity contribution in [1.82, 2.24) is 10.2 Å². The molecule has 2 amide bonds. The summed E-state index contributed by atoms with van der Waals surface area (Å²) >= 11 is 0. The van der Waals surface area contributed by atoms with Crippen molar-refractivity contribution in [2.45, 2.75) is 31.7 Å². The molecule has 3 N–H and O–H groups in total. The molecule has 0 aromatic carbocycles. The van der Waals surface area contributed by atoms with E-state index in [1.54, 1.807) is 4.90 Å². The molecule has 1 saturated carbocycles. The van der Waals surface area contributed by atoms with E-state index < -0.39 is 0 Å². The molecule has 4 heteroatoms. The van der Waals surface area contributed by atoms with Crippen LogP contribution in [0.2, 0.25) is 0 Å². The fourth-order valence-corrected chi connectivity index (χ4v) is 2.05. The molecule has 2 aliphatic rings. The number of amides is 2. The zero-order chi connectivity index (χ0) is 9.97. The number of hydrogen-bond donors (Lipinski definition) is 2. The number of carbonyl (C=O) groups is 1. The summed E-state index contributed by atoms with van der Waals surface area (Å²) in [5.41, 5.74) is 5.35. The second kappa shape index (κ2) is 4.17. The fraction of sp³-hybridized carbons (Fsp3) is 0.900. The van der Waals surface area contributed by atoms with E-state index in [1.807, 2.05) is 0 Å². The minimum absolute atomic E-state index is 0.259. The number of urea groups is 1. The molecule has 1 aliphatic carbocycles. The third kappa shape index (κ3) is 2.61. The maximum atomic E-state index is 11.2. The monoisotopic (exact) mass is 197 g/mol. The molecule has 1 unspecified atom stereocenters. The lowest BCUT2D eigenvalue weighted by Gasteiger charge is -2.23.